The minimum Gasteiger partial charge on any atom is -0.348 e. The molecule has 1 amide bonds. The number of nitrogens with one attached hydrogen (secondary N) is 2. The second-order valence-corrected chi connectivity index (χ2v) is 4.18. The van der Waals surface area contributed by atoms with E-state index in [1.54, 1.807) is 18.5 Å². The summed E-state index contributed by atoms with van der Waals surface area (Å²) in [6, 6.07) is 4.33. The van der Waals surface area contributed by atoms with Crippen LogP contribution in [0.5, 0.6) is 0 Å². The molecule has 0 atom stereocenters. The van der Waals surface area contributed by atoms with Gasteiger partial charge >= 0.3 is 0 Å². The average molecular weight is 298 g/mol. The van der Waals surface area contributed by atoms with Crippen molar-refractivity contribution in [3.05, 3.63) is 52.0 Å². The Labute approximate surface area is 105 Å². The van der Waals surface area contributed by atoms with E-state index < -0.39 is 5.82 Å². The third kappa shape index (κ3) is 2.71. The van der Waals surface area contributed by atoms with Crippen molar-refractivity contribution in [2.45, 2.75) is 6.54 Å². The summed E-state index contributed by atoms with van der Waals surface area (Å²) in [5.41, 5.74) is 1.12. The van der Waals surface area contributed by atoms with Crippen LogP contribution in [0.1, 0.15) is 15.9 Å². The number of amides is 1. The normalized spacial score (nSPS) is 10.2. The van der Waals surface area contributed by atoms with Crippen molar-refractivity contribution >= 4 is 21.8 Å². The topological polar surface area (TPSA) is 57.8 Å². The number of carbonyl (C=O) groups excluding carboxylic acids is 1. The number of aromatic nitrogens is 2. The quantitative estimate of drug-likeness (QED) is 0.913. The molecule has 88 valence electrons. The zero-order chi connectivity index (χ0) is 12.3. The number of nitrogens with zero attached hydrogens (tertiary/aromatic N) is 1. The zero-order valence-corrected chi connectivity index (χ0v) is 10.3. The molecule has 0 spiro atoms. The highest BCUT2D eigenvalue weighted by Crippen LogP contribution is 2.20. The summed E-state index contributed by atoms with van der Waals surface area (Å²) < 4.78 is 13.4. The first-order valence-electron chi connectivity index (χ1n) is 4.88. The summed E-state index contributed by atoms with van der Waals surface area (Å²) in [5, 5.41) is 9.08. The van der Waals surface area contributed by atoms with Gasteiger partial charge in [-0.15, -0.1) is 0 Å². The van der Waals surface area contributed by atoms with Crippen molar-refractivity contribution in [1.29, 1.82) is 0 Å². The predicted molar refractivity (Wildman–Crippen MR) is 63.9 cm³/mol. The van der Waals surface area contributed by atoms with Gasteiger partial charge in [-0.25, -0.2) is 4.39 Å². The third-order valence-corrected chi connectivity index (χ3v) is 3.01. The number of carbonyl (C=O) groups is 1. The van der Waals surface area contributed by atoms with Crippen LogP contribution in [-0.2, 0) is 6.54 Å². The summed E-state index contributed by atoms with van der Waals surface area (Å²) in [6.07, 6.45) is 3.29. The van der Waals surface area contributed by atoms with Gasteiger partial charge in [0.25, 0.3) is 5.91 Å². The number of aromatic amines is 1. The molecule has 4 nitrogen and oxygen atoms in total. The maximum absolute atomic E-state index is 13.2. The molecule has 0 radical (unpaired) electrons. The second kappa shape index (κ2) is 5.09. The van der Waals surface area contributed by atoms with Gasteiger partial charge < -0.3 is 5.32 Å². The van der Waals surface area contributed by atoms with Crippen molar-refractivity contribution in [2.24, 2.45) is 0 Å². The van der Waals surface area contributed by atoms with Crippen molar-refractivity contribution in [3.8, 4) is 0 Å². The Morgan fingerprint density at radius 1 is 1.53 bits per heavy atom. The fraction of sp³-hybridized carbons (Fsp3) is 0.0909. The molecule has 1 heterocycles. The number of benzene rings is 1. The number of halogens is 2. The van der Waals surface area contributed by atoms with Gasteiger partial charge in [-0.1, -0.05) is 6.07 Å². The summed E-state index contributed by atoms with van der Waals surface area (Å²) in [5.74, 6) is -0.793. The first-order valence-corrected chi connectivity index (χ1v) is 5.67. The predicted octanol–water partition coefficient (Wildman–Crippen LogP) is 2.24. The summed E-state index contributed by atoms with van der Waals surface area (Å²) >= 11 is 3.05. The summed E-state index contributed by atoms with van der Waals surface area (Å²) in [7, 11) is 0. The monoisotopic (exact) mass is 297 g/mol. The molecule has 0 aliphatic heterocycles. The largest absolute Gasteiger partial charge is 0.348 e. The van der Waals surface area contributed by atoms with Crippen molar-refractivity contribution in [3.63, 3.8) is 0 Å². The molecule has 0 aliphatic carbocycles. The van der Waals surface area contributed by atoms with Gasteiger partial charge in [-0.3, -0.25) is 9.89 Å². The number of H-pyrrole nitrogens is 1. The molecule has 0 fully saturated rings. The fourth-order valence-corrected chi connectivity index (χ4v) is 1.78. The Kier molecular flexibility index (Phi) is 3.53. The molecule has 2 aromatic rings. The van der Waals surface area contributed by atoms with E-state index in [1.807, 2.05) is 0 Å². The molecule has 0 saturated carbocycles. The minimum absolute atomic E-state index is 0.171. The van der Waals surface area contributed by atoms with Gasteiger partial charge in [0.2, 0.25) is 0 Å². The summed E-state index contributed by atoms with van der Waals surface area (Å²) in [4.78, 5) is 11.8. The van der Waals surface area contributed by atoms with Gasteiger partial charge in [0, 0.05) is 18.3 Å². The number of hydrogen-bond acceptors (Lipinski definition) is 2. The molecule has 2 rings (SSSR count). The Balaban J connectivity index is 2.07. The highest BCUT2D eigenvalue weighted by Gasteiger charge is 2.12. The highest BCUT2D eigenvalue weighted by molar-refractivity contribution is 9.10. The van der Waals surface area contributed by atoms with Crippen molar-refractivity contribution in [2.75, 3.05) is 0 Å². The van der Waals surface area contributed by atoms with Crippen LogP contribution in [0.2, 0.25) is 0 Å². The standard InChI is InChI=1S/C11H9BrFN3O/c12-10-8(2-1-3-9(10)13)11(17)14-4-7-5-15-16-6-7/h1-3,5-6H,4H2,(H,14,17)(H,15,16). The van der Waals surface area contributed by atoms with Gasteiger partial charge in [-0.05, 0) is 28.1 Å². The molecular weight excluding hydrogens is 289 g/mol. The van der Waals surface area contributed by atoms with Crippen LogP contribution in [0, 0.1) is 5.82 Å². The average Bonchev–Trinajstić information content (AvgIpc) is 2.82. The third-order valence-electron chi connectivity index (χ3n) is 2.20. The molecular formula is C11H9BrFN3O. The van der Waals surface area contributed by atoms with E-state index in [2.05, 4.69) is 31.4 Å². The SMILES string of the molecule is O=C(NCc1cn[nH]c1)c1cccc(F)c1Br. The first-order chi connectivity index (χ1) is 8.18. The molecule has 1 aromatic carbocycles. The highest BCUT2D eigenvalue weighted by atomic mass is 79.9. The van der Waals surface area contributed by atoms with E-state index in [-0.39, 0.29) is 15.9 Å². The van der Waals surface area contributed by atoms with Crippen molar-refractivity contribution < 1.29 is 9.18 Å². The lowest BCUT2D eigenvalue weighted by Crippen LogP contribution is -2.23. The van der Waals surface area contributed by atoms with Gasteiger partial charge in [0.05, 0.1) is 16.2 Å². The van der Waals surface area contributed by atoms with Gasteiger partial charge in [0.15, 0.2) is 0 Å². The Bertz CT molecular complexity index is 528. The Hall–Kier alpha value is -1.69. The van der Waals surface area contributed by atoms with Crippen LogP contribution in [0.25, 0.3) is 0 Å². The Morgan fingerprint density at radius 2 is 2.35 bits per heavy atom. The van der Waals surface area contributed by atoms with Crippen LogP contribution in [0.15, 0.2) is 35.1 Å². The number of hydrogen-bond donors (Lipinski definition) is 2. The smallest absolute Gasteiger partial charge is 0.252 e. The van der Waals surface area contributed by atoms with E-state index in [0.29, 0.717) is 6.54 Å². The van der Waals surface area contributed by atoms with Crippen LogP contribution in [-0.4, -0.2) is 16.1 Å². The maximum Gasteiger partial charge on any atom is 0.252 e. The minimum atomic E-state index is -0.457. The van der Waals surface area contributed by atoms with Gasteiger partial charge in [-0.2, -0.15) is 5.10 Å². The molecule has 17 heavy (non-hydrogen) atoms. The van der Waals surface area contributed by atoms with Crippen LogP contribution in [0.3, 0.4) is 0 Å². The molecule has 0 aliphatic rings. The second-order valence-electron chi connectivity index (χ2n) is 3.39. The first kappa shape index (κ1) is 11.8. The lowest BCUT2D eigenvalue weighted by molar-refractivity contribution is 0.0949. The fourth-order valence-electron chi connectivity index (χ4n) is 1.33. The molecule has 1 aromatic heterocycles. The van der Waals surface area contributed by atoms with E-state index in [4.69, 9.17) is 0 Å². The van der Waals surface area contributed by atoms with E-state index in [9.17, 15) is 9.18 Å². The zero-order valence-electron chi connectivity index (χ0n) is 8.71. The molecule has 0 saturated heterocycles. The van der Waals surface area contributed by atoms with Crippen molar-refractivity contribution in [1.82, 2.24) is 15.5 Å². The lowest BCUT2D eigenvalue weighted by Gasteiger charge is -2.06. The summed E-state index contributed by atoms with van der Waals surface area (Å²) in [6.45, 7) is 0.346. The maximum atomic E-state index is 13.2. The molecule has 2 N–H and O–H groups in total. The lowest BCUT2D eigenvalue weighted by atomic mass is 10.2. The van der Waals surface area contributed by atoms with Crippen LogP contribution >= 0.6 is 15.9 Å². The van der Waals surface area contributed by atoms with Crippen LogP contribution in [0.4, 0.5) is 4.39 Å². The van der Waals surface area contributed by atoms with E-state index >= 15 is 0 Å². The van der Waals surface area contributed by atoms with Gasteiger partial charge in [0.1, 0.15) is 5.82 Å². The molecule has 6 heteroatoms. The van der Waals surface area contributed by atoms with Crippen LogP contribution < -0.4 is 5.32 Å². The van der Waals surface area contributed by atoms with E-state index in [1.165, 1.54) is 12.1 Å². The number of rotatable bonds is 3. The van der Waals surface area contributed by atoms with E-state index in [0.717, 1.165) is 5.56 Å². The molecule has 0 unspecified atom stereocenters. The Morgan fingerprint density at radius 3 is 3.06 bits per heavy atom. The molecule has 0 bridgehead atoms.